The lowest BCUT2D eigenvalue weighted by Crippen LogP contribution is -2.06. The highest BCUT2D eigenvalue weighted by atomic mass is 32.3. The minimum absolute atomic E-state index is 0.0442. The lowest BCUT2D eigenvalue weighted by Gasteiger charge is -2.38. The van der Waals surface area contributed by atoms with Crippen molar-refractivity contribution >= 4 is 84.8 Å². The summed E-state index contributed by atoms with van der Waals surface area (Å²) < 4.78 is 15.7. The van der Waals surface area contributed by atoms with Gasteiger partial charge in [-0.1, -0.05) is 42.1 Å². The first-order chi connectivity index (χ1) is 23.9. The summed E-state index contributed by atoms with van der Waals surface area (Å²) >= 11 is 4.88. The lowest BCUT2D eigenvalue weighted by molar-refractivity contribution is 0.403. The van der Waals surface area contributed by atoms with Gasteiger partial charge in [-0.3, -0.25) is 9.59 Å². The zero-order valence-corrected chi connectivity index (χ0v) is 30.2. The minimum atomic E-state index is -1.95. The molecule has 49 heavy (non-hydrogen) atoms. The first-order valence-corrected chi connectivity index (χ1v) is 20.1. The molecule has 0 saturated carbocycles. The predicted molar refractivity (Wildman–Crippen MR) is 210 cm³/mol. The number of benzene rings is 6. The van der Waals surface area contributed by atoms with E-state index in [9.17, 15) is 9.59 Å². The summed E-state index contributed by atoms with van der Waals surface area (Å²) in [6.45, 7) is 0. The summed E-state index contributed by atoms with van der Waals surface area (Å²) in [6, 6.07) is 42.5. The van der Waals surface area contributed by atoms with Gasteiger partial charge >= 0.3 is 0 Å². The molecule has 8 aromatic rings. The third-order valence-electron chi connectivity index (χ3n) is 8.89. The second-order valence-corrected chi connectivity index (χ2v) is 18.2. The largest absolute Gasteiger partial charge is 0.497 e. The predicted octanol–water partition coefficient (Wildman–Crippen LogP) is 11.2. The van der Waals surface area contributed by atoms with Crippen LogP contribution in [0.25, 0.3) is 40.3 Å². The van der Waals surface area contributed by atoms with Crippen molar-refractivity contribution in [2.75, 3.05) is 20.5 Å². The van der Waals surface area contributed by atoms with Crippen LogP contribution in [0.4, 0.5) is 0 Å². The first-order valence-electron chi connectivity index (χ1n) is 15.6. The SMILES string of the molecule is COc1cccc(S(C)(c2ccc3sc4ccccc4c(=O)c3c2)c2ccc(Sc3ccc4sc5ccccc5c(=O)c4c3)cc2OC)c1. The molecule has 0 spiro atoms. The van der Waals surface area contributed by atoms with E-state index in [1.54, 1.807) is 48.7 Å². The van der Waals surface area contributed by atoms with Crippen LogP contribution in [0.3, 0.4) is 0 Å². The number of ether oxygens (including phenoxy) is 2. The van der Waals surface area contributed by atoms with Gasteiger partial charge in [0.1, 0.15) is 11.5 Å². The maximum Gasteiger partial charge on any atom is 0.195 e. The summed E-state index contributed by atoms with van der Waals surface area (Å²) in [4.78, 5) is 32.3. The van der Waals surface area contributed by atoms with E-state index in [-0.39, 0.29) is 10.9 Å². The van der Waals surface area contributed by atoms with Gasteiger partial charge in [-0.2, -0.15) is 10.0 Å². The summed E-state index contributed by atoms with van der Waals surface area (Å²) in [6.07, 6.45) is 2.26. The Morgan fingerprint density at radius 2 is 1.10 bits per heavy atom. The van der Waals surface area contributed by atoms with Gasteiger partial charge in [0.05, 0.1) is 14.2 Å². The van der Waals surface area contributed by atoms with Gasteiger partial charge in [0.15, 0.2) is 10.9 Å². The van der Waals surface area contributed by atoms with E-state index in [1.807, 2.05) is 72.8 Å². The van der Waals surface area contributed by atoms with Crippen LogP contribution in [0.2, 0.25) is 0 Å². The molecular formula is C41H30O4S4. The highest BCUT2D eigenvalue weighted by molar-refractivity contribution is 8.33. The number of methoxy groups -OCH3 is 2. The Morgan fingerprint density at radius 3 is 1.78 bits per heavy atom. The summed E-state index contributed by atoms with van der Waals surface area (Å²) in [5.41, 5.74) is 0.102. The molecule has 0 N–H and O–H groups in total. The fourth-order valence-electron chi connectivity index (χ4n) is 6.31. The average molecular weight is 715 g/mol. The standard InChI is InChI=1S/C41H30O4S4/c1-44-25-9-8-10-28(21-25)49(3,29-17-19-38-33(24-29)41(43)31-12-5-7-14-36(31)48-38)39-20-16-27(23-34(39)45-2)46-26-15-18-37-32(22-26)40(42)30-11-4-6-13-35(30)47-37/h4-24H,1-3H3. The molecule has 242 valence electrons. The normalized spacial score (nSPS) is 13.4. The monoisotopic (exact) mass is 714 g/mol. The summed E-state index contributed by atoms with van der Waals surface area (Å²) in [7, 11) is 1.43. The Hall–Kier alpha value is -4.60. The highest BCUT2D eigenvalue weighted by Crippen LogP contribution is 2.68. The molecule has 8 heteroatoms. The van der Waals surface area contributed by atoms with Crippen LogP contribution in [-0.2, 0) is 0 Å². The van der Waals surface area contributed by atoms with Crippen molar-refractivity contribution in [3.05, 3.63) is 148 Å². The number of hydrogen-bond donors (Lipinski definition) is 0. The number of fused-ring (bicyclic) bond motifs is 4. The van der Waals surface area contributed by atoms with Crippen molar-refractivity contribution in [2.45, 2.75) is 24.5 Å². The first kappa shape index (κ1) is 31.7. The van der Waals surface area contributed by atoms with Gasteiger partial charge in [0.2, 0.25) is 0 Å². The molecule has 0 aliphatic carbocycles. The van der Waals surface area contributed by atoms with Crippen molar-refractivity contribution in [3.63, 3.8) is 0 Å². The van der Waals surface area contributed by atoms with Gasteiger partial charge in [-0.05, 0) is 108 Å². The fourth-order valence-corrected chi connectivity index (χ4v) is 12.4. The number of rotatable bonds is 7. The van der Waals surface area contributed by atoms with Crippen molar-refractivity contribution in [1.29, 1.82) is 0 Å². The van der Waals surface area contributed by atoms with Crippen LogP contribution in [0.5, 0.6) is 11.5 Å². The van der Waals surface area contributed by atoms with Gasteiger partial charge in [-0.25, -0.2) is 0 Å². The van der Waals surface area contributed by atoms with E-state index in [1.165, 1.54) is 0 Å². The Morgan fingerprint density at radius 1 is 0.531 bits per heavy atom. The summed E-state index contributed by atoms with van der Waals surface area (Å²) in [5, 5.41) is 2.94. The molecule has 1 atom stereocenters. The van der Waals surface area contributed by atoms with Crippen LogP contribution < -0.4 is 20.3 Å². The molecule has 0 saturated heterocycles. The molecule has 0 aliphatic rings. The zero-order chi connectivity index (χ0) is 33.7. The van der Waals surface area contributed by atoms with E-state index in [0.29, 0.717) is 0 Å². The fraction of sp³-hybridized carbons (Fsp3) is 0.0732. The van der Waals surface area contributed by atoms with E-state index in [4.69, 9.17) is 9.47 Å². The van der Waals surface area contributed by atoms with Crippen molar-refractivity contribution < 1.29 is 9.47 Å². The third-order valence-corrected chi connectivity index (χ3v) is 15.8. The molecule has 0 amide bonds. The molecule has 0 bridgehead atoms. The van der Waals surface area contributed by atoms with Crippen LogP contribution in [0.1, 0.15) is 0 Å². The van der Waals surface area contributed by atoms with Gasteiger partial charge in [0, 0.05) is 59.9 Å². The Bertz CT molecular complexity index is 2700. The van der Waals surface area contributed by atoms with Gasteiger partial charge in [0.25, 0.3) is 0 Å². The molecule has 0 aliphatic heterocycles. The molecule has 6 aromatic carbocycles. The second-order valence-electron chi connectivity index (χ2n) is 11.7. The Kier molecular flexibility index (Phi) is 8.20. The van der Waals surface area contributed by atoms with Crippen molar-refractivity contribution in [2.24, 2.45) is 0 Å². The molecule has 2 aromatic heterocycles. The van der Waals surface area contributed by atoms with E-state index < -0.39 is 10.0 Å². The maximum absolute atomic E-state index is 13.8. The van der Waals surface area contributed by atoms with Crippen LogP contribution in [0, 0.1) is 0 Å². The highest BCUT2D eigenvalue weighted by Gasteiger charge is 2.30. The van der Waals surface area contributed by atoms with E-state index in [0.717, 1.165) is 76.3 Å². The quantitative estimate of drug-likeness (QED) is 0.154. The topological polar surface area (TPSA) is 52.6 Å². The zero-order valence-electron chi connectivity index (χ0n) is 26.9. The van der Waals surface area contributed by atoms with E-state index >= 15 is 0 Å². The molecule has 2 heterocycles. The molecule has 8 rings (SSSR count). The summed E-state index contributed by atoms with van der Waals surface area (Å²) in [5.74, 6) is 1.52. The van der Waals surface area contributed by atoms with E-state index in [2.05, 4.69) is 60.9 Å². The van der Waals surface area contributed by atoms with Crippen LogP contribution in [-0.4, -0.2) is 20.5 Å². The number of hydrogen-bond acceptors (Lipinski definition) is 7. The van der Waals surface area contributed by atoms with Crippen molar-refractivity contribution in [1.82, 2.24) is 0 Å². The minimum Gasteiger partial charge on any atom is -0.497 e. The molecule has 4 nitrogen and oxygen atoms in total. The van der Waals surface area contributed by atoms with Crippen molar-refractivity contribution in [3.8, 4) is 11.5 Å². The molecule has 0 radical (unpaired) electrons. The average Bonchev–Trinajstić information content (AvgIpc) is 3.15. The van der Waals surface area contributed by atoms with Crippen LogP contribution >= 0.6 is 44.5 Å². The smallest absolute Gasteiger partial charge is 0.195 e. The Labute approximate surface area is 296 Å². The lowest BCUT2D eigenvalue weighted by atomic mass is 10.2. The second kappa shape index (κ2) is 12.7. The molecular weight excluding hydrogens is 685 g/mol. The maximum atomic E-state index is 13.8. The van der Waals surface area contributed by atoms with Crippen LogP contribution in [0.15, 0.2) is 161 Å². The van der Waals surface area contributed by atoms with Gasteiger partial charge in [-0.15, -0.1) is 22.7 Å². The molecule has 1 unspecified atom stereocenters. The van der Waals surface area contributed by atoms with Gasteiger partial charge < -0.3 is 9.47 Å². The molecule has 0 fully saturated rings. The Balaban J connectivity index is 1.26. The third kappa shape index (κ3) is 5.49.